The second kappa shape index (κ2) is 7.01. The molecule has 0 atom stereocenters. The Morgan fingerprint density at radius 1 is 1.25 bits per heavy atom. The standard InChI is InChI=1S/C16H31N3S/c1-7-8-19(12-16(5,6)11-17)9-13-10-20-14(18-13)15(2,3)4/h10H,7-9,11-12,17H2,1-6H3. The van der Waals surface area contributed by atoms with E-state index in [1.807, 2.05) is 0 Å². The Bertz CT molecular complexity index is 404. The molecular formula is C16H31N3S. The van der Waals surface area contributed by atoms with Gasteiger partial charge in [0.15, 0.2) is 0 Å². The van der Waals surface area contributed by atoms with Crippen LogP contribution in [0.4, 0.5) is 0 Å². The molecule has 0 unspecified atom stereocenters. The van der Waals surface area contributed by atoms with E-state index < -0.39 is 0 Å². The lowest BCUT2D eigenvalue weighted by molar-refractivity contribution is 0.174. The van der Waals surface area contributed by atoms with Crippen LogP contribution in [0, 0.1) is 5.41 Å². The molecule has 1 heterocycles. The average Bonchev–Trinajstić information content (AvgIpc) is 2.77. The summed E-state index contributed by atoms with van der Waals surface area (Å²) < 4.78 is 0. The van der Waals surface area contributed by atoms with Gasteiger partial charge in [0.2, 0.25) is 0 Å². The maximum absolute atomic E-state index is 5.87. The molecular weight excluding hydrogens is 266 g/mol. The summed E-state index contributed by atoms with van der Waals surface area (Å²) in [6.07, 6.45) is 1.16. The molecule has 0 bridgehead atoms. The van der Waals surface area contributed by atoms with Gasteiger partial charge < -0.3 is 5.73 Å². The van der Waals surface area contributed by atoms with Crippen LogP contribution in [0.3, 0.4) is 0 Å². The molecule has 2 N–H and O–H groups in total. The molecule has 0 aromatic carbocycles. The molecule has 0 spiro atoms. The minimum Gasteiger partial charge on any atom is -0.330 e. The number of thiazole rings is 1. The van der Waals surface area contributed by atoms with Gasteiger partial charge in [-0.25, -0.2) is 4.98 Å². The van der Waals surface area contributed by atoms with Crippen molar-refractivity contribution in [2.45, 2.75) is 59.9 Å². The number of nitrogens with two attached hydrogens (primary N) is 1. The molecule has 3 nitrogen and oxygen atoms in total. The first-order valence-electron chi connectivity index (χ1n) is 7.55. The van der Waals surface area contributed by atoms with Crippen molar-refractivity contribution in [3.05, 3.63) is 16.1 Å². The number of hydrogen-bond donors (Lipinski definition) is 1. The lowest BCUT2D eigenvalue weighted by atomic mass is 9.93. The Morgan fingerprint density at radius 2 is 1.90 bits per heavy atom. The van der Waals surface area contributed by atoms with Gasteiger partial charge >= 0.3 is 0 Å². The number of aromatic nitrogens is 1. The zero-order valence-electron chi connectivity index (χ0n) is 14.0. The van der Waals surface area contributed by atoms with Crippen molar-refractivity contribution in [3.8, 4) is 0 Å². The fraction of sp³-hybridized carbons (Fsp3) is 0.812. The normalized spacial score (nSPS) is 13.2. The lowest BCUT2D eigenvalue weighted by Crippen LogP contribution is -2.38. The van der Waals surface area contributed by atoms with E-state index in [4.69, 9.17) is 10.7 Å². The fourth-order valence-corrected chi connectivity index (χ4v) is 3.05. The third-order valence-electron chi connectivity index (χ3n) is 3.32. The second-order valence-electron chi connectivity index (χ2n) is 7.47. The summed E-state index contributed by atoms with van der Waals surface area (Å²) in [6, 6.07) is 0. The van der Waals surface area contributed by atoms with E-state index in [1.54, 1.807) is 11.3 Å². The molecule has 1 rings (SSSR count). The van der Waals surface area contributed by atoms with Gasteiger partial charge in [-0.05, 0) is 24.9 Å². The van der Waals surface area contributed by atoms with Crippen LogP contribution in [-0.4, -0.2) is 29.5 Å². The Morgan fingerprint density at radius 3 is 2.35 bits per heavy atom. The molecule has 0 fully saturated rings. The Balaban J connectivity index is 2.73. The summed E-state index contributed by atoms with van der Waals surface area (Å²) in [7, 11) is 0. The van der Waals surface area contributed by atoms with E-state index in [2.05, 4.69) is 51.8 Å². The van der Waals surface area contributed by atoms with Crippen LogP contribution in [0.5, 0.6) is 0 Å². The van der Waals surface area contributed by atoms with Gasteiger partial charge in [-0.3, -0.25) is 4.90 Å². The maximum Gasteiger partial charge on any atom is 0.0982 e. The lowest BCUT2D eigenvalue weighted by Gasteiger charge is -2.31. The molecule has 1 aromatic rings. The van der Waals surface area contributed by atoms with Crippen molar-refractivity contribution < 1.29 is 0 Å². The van der Waals surface area contributed by atoms with E-state index in [9.17, 15) is 0 Å². The summed E-state index contributed by atoms with van der Waals surface area (Å²) in [6.45, 7) is 17.1. The third kappa shape index (κ3) is 5.51. The summed E-state index contributed by atoms with van der Waals surface area (Å²) in [5.41, 5.74) is 7.37. The second-order valence-corrected chi connectivity index (χ2v) is 8.33. The van der Waals surface area contributed by atoms with E-state index in [-0.39, 0.29) is 10.8 Å². The molecule has 0 radical (unpaired) electrons. The van der Waals surface area contributed by atoms with Crippen LogP contribution < -0.4 is 5.73 Å². The van der Waals surface area contributed by atoms with Gasteiger partial charge in [0.1, 0.15) is 0 Å². The van der Waals surface area contributed by atoms with Crippen LogP contribution in [0.1, 0.15) is 58.7 Å². The highest BCUT2D eigenvalue weighted by atomic mass is 32.1. The molecule has 116 valence electrons. The van der Waals surface area contributed by atoms with Crippen molar-refractivity contribution in [3.63, 3.8) is 0 Å². The smallest absolute Gasteiger partial charge is 0.0982 e. The highest BCUT2D eigenvalue weighted by Crippen LogP contribution is 2.26. The largest absolute Gasteiger partial charge is 0.330 e. The van der Waals surface area contributed by atoms with Crippen LogP contribution >= 0.6 is 11.3 Å². The van der Waals surface area contributed by atoms with Gasteiger partial charge in [0.25, 0.3) is 0 Å². The number of nitrogens with zero attached hydrogens (tertiary/aromatic N) is 2. The van der Waals surface area contributed by atoms with Crippen molar-refractivity contribution in [2.75, 3.05) is 19.6 Å². The molecule has 0 saturated carbocycles. The summed E-state index contributed by atoms with van der Waals surface area (Å²) >= 11 is 1.78. The fourth-order valence-electron chi connectivity index (χ4n) is 2.15. The first-order chi connectivity index (χ1) is 9.18. The average molecular weight is 298 g/mol. The minimum absolute atomic E-state index is 0.148. The van der Waals surface area contributed by atoms with Gasteiger partial charge in [0.05, 0.1) is 10.7 Å². The van der Waals surface area contributed by atoms with E-state index in [0.717, 1.165) is 32.6 Å². The quantitative estimate of drug-likeness (QED) is 0.835. The van der Waals surface area contributed by atoms with Crippen molar-refractivity contribution >= 4 is 11.3 Å². The molecule has 0 aliphatic rings. The van der Waals surface area contributed by atoms with Crippen LogP contribution in [0.15, 0.2) is 5.38 Å². The molecule has 0 aliphatic heterocycles. The maximum atomic E-state index is 5.87. The molecule has 0 amide bonds. The van der Waals surface area contributed by atoms with Crippen LogP contribution in [0.2, 0.25) is 0 Å². The summed E-state index contributed by atoms with van der Waals surface area (Å²) in [5, 5.41) is 3.43. The minimum atomic E-state index is 0.148. The summed E-state index contributed by atoms with van der Waals surface area (Å²) in [5.74, 6) is 0. The zero-order chi connectivity index (χ0) is 15.4. The van der Waals surface area contributed by atoms with E-state index in [1.165, 1.54) is 10.7 Å². The molecule has 0 saturated heterocycles. The summed E-state index contributed by atoms with van der Waals surface area (Å²) in [4.78, 5) is 7.29. The predicted molar refractivity (Wildman–Crippen MR) is 89.2 cm³/mol. The Kier molecular flexibility index (Phi) is 6.17. The number of hydrogen-bond acceptors (Lipinski definition) is 4. The van der Waals surface area contributed by atoms with E-state index in [0.29, 0.717) is 0 Å². The predicted octanol–water partition coefficient (Wildman–Crippen LogP) is 3.64. The van der Waals surface area contributed by atoms with Gasteiger partial charge in [-0.1, -0.05) is 41.5 Å². The van der Waals surface area contributed by atoms with Crippen molar-refractivity contribution in [1.82, 2.24) is 9.88 Å². The highest BCUT2D eigenvalue weighted by molar-refractivity contribution is 7.09. The first-order valence-corrected chi connectivity index (χ1v) is 8.43. The molecule has 0 aliphatic carbocycles. The van der Waals surface area contributed by atoms with Crippen molar-refractivity contribution in [1.29, 1.82) is 0 Å². The molecule has 20 heavy (non-hydrogen) atoms. The highest BCUT2D eigenvalue weighted by Gasteiger charge is 2.22. The topological polar surface area (TPSA) is 42.2 Å². The van der Waals surface area contributed by atoms with Crippen LogP contribution in [-0.2, 0) is 12.0 Å². The van der Waals surface area contributed by atoms with Gasteiger partial charge in [0, 0.05) is 23.9 Å². The first kappa shape index (κ1) is 17.6. The zero-order valence-corrected chi connectivity index (χ0v) is 14.8. The Hall–Kier alpha value is -0.450. The van der Waals surface area contributed by atoms with Crippen molar-refractivity contribution in [2.24, 2.45) is 11.1 Å². The molecule has 4 heteroatoms. The monoisotopic (exact) mass is 297 g/mol. The van der Waals surface area contributed by atoms with Crippen LogP contribution in [0.25, 0.3) is 0 Å². The third-order valence-corrected chi connectivity index (χ3v) is 4.64. The SMILES string of the molecule is CCCN(Cc1csc(C(C)(C)C)n1)CC(C)(C)CN. The van der Waals surface area contributed by atoms with Gasteiger partial charge in [-0.2, -0.15) is 0 Å². The van der Waals surface area contributed by atoms with E-state index >= 15 is 0 Å². The Labute approximate surface area is 128 Å². The molecule has 1 aromatic heterocycles. The van der Waals surface area contributed by atoms with Gasteiger partial charge in [-0.15, -0.1) is 11.3 Å². The number of rotatable bonds is 7.